The number of fused-ring (bicyclic) bond motifs is 1. The predicted octanol–water partition coefficient (Wildman–Crippen LogP) is 1.07. The Morgan fingerprint density at radius 1 is 1.24 bits per heavy atom. The van der Waals surface area contributed by atoms with Crippen molar-refractivity contribution in [3.63, 3.8) is 0 Å². The molecule has 1 saturated heterocycles. The summed E-state index contributed by atoms with van der Waals surface area (Å²) >= 11 is 0. The van der Waals surface area contributed by atoms with Crippen LogP contribution in [0.5, 0.6) is 0 Å². The Kier molecular flexibility index (Phi) is 4.79. The smallest absolute Gasteiger partial charge is 0.332 e. The van der Waals surface area contributed by atoms with E-state index in [1.54, 1.807) is 11.8 Å². The van der Waals surface area contributed by atoms with E-state index >= 15 is 0 Å². The van der Waals surface area contributed by atoms with Gasteiger partial charge in [-0.2, -0.15) is 0 Å². The summed E-state index contributed by atoms with van der Waals surface area (Å²) in [6.07, 6.45) is 1.04. The molecule has 6 nitrogen and oxygen atoms in total. The Balaban J connectivity index is 1.79. The Labute approximate surface area is 147 Å². The van der Waals surface area contributed by atoms with Crippen LogP contribution in [0.3, 0.4) is 0 Å². The van der Waals surface area contributed by atoms with Crippen molar-refractivity contribution in [2.24, 2.45) is 5.92 Å². The van der Waals surface area contributed by atoms with Crippen molar-refractivity contribution in [2.75, 3.05) is 19.7 Å². The lowest BCUT2D eigenvalue weighted by molar-refractivity contribution is -0.153. The van der Waals surface area contributed by atoms with E-state index in [-0.39, 0.29) is 24.8 Å². The average Bonchev–Trinajstić information content (AvgIpc) is 3.15. The molecule has 2 aliphatic rings. The van der Waals surface area contributed by atoms with Crippen LogP contribution in [0.1, 0.15) is 31.4 Å². The molecule has 1 N–H and O–H groups in total. The molecule has 0 spiro atoms. The molecule has 6 heteroatoms. The molecule has 1 aliphatic carbocycles. The molecule has 0 saturated carbocycles. The summed E-state index contributed by atoms with van der Waals surface area (Å²) in [7, 11) is 0. The van der Waals surface area contributed by atoms with E-state index in [0.29, 0.717) is 25.9 Å². The number of nitrogens with one attached hydrogen (secondary N) is 1. The third kappa shape index (κ3) is 3.25. The maximum atomic E-state index is 12.8. The summed E-state index contributed by atoms with van der Waals surface area (Å²) in [4.78, 5) is 39.0. The third-order valence-electron chi connectivity index (χ3n) is 5.10. The second kappa shape index (κ2) is 6.86. The van der Waals surface area contributed by atoms with E-state index in [2.05, 4.69) is 5.32 Å². The number of benzene rings is 1. The lowest BCUT2D eigenvalue weighted by Crippen LogP contribution is -2.57. The molecule has 1 heterocycles. The molecule has 0 aromatic heterocycles. The van der Waals surface area contributed by atoms with Crippen LogP contribution in [0.25, 0.3) is 0 Å². The summed E-state index contributed by atoms with van der Waals surface area (Å²) in [5.74, 6) is -1.08. The van der Waals surface area contributed by atoms with Crippen molar-refractivity contribution >= 4 is 17.8 Å². The number of hydrogen-bond donors (Lipinski definition) is 1. The van der Waals surface area contributed by atoms with Gasteiger partial charge in [-0.15, -0.1) is 0 Å². The molecule has 25 heavy (non-hydrogen) atoms. The molecule has 1 fully saturated rings. The monoisotopic (exact) mass is 344 g/mol. The van der Waals surface area contributed by atoms with Gasteiger partial charge in [-0.05, 0) is 25.0 Å². The molecule has 1 aliphatic heterocycles. The average molecular weight is 344 g/mol. The molecule has 0 bridgehead atoms. The van der Waals surface area contributed by atoms with Gasteiger partial charge in [0.25, 0.3) is 0 Å². The minimum atomic E-state index is -1.07. The number of esters is 1. The van der Waals surface area contributed by atoms with Crippen molar-refractivity contribution in [3.8, 4) is 0 Å². The van der Waals surface area contributed by atoms with E-state index in [1.807, 2.05) is 31.2 Å². The van der Waals surface area contributed by atoms with Crippen LogP contribution in [-0.2, 0) is 32.0 Å². The first-order valence-corrected chi connectivity index (χ1v) is 8.83. The zero-order valence-corrected chi connectivity index (χ0v) is 14.7. The minimum absolute atomic E-state index is 0.0115. The van der Waals surface area contributed by atoms with E-state index in [4.69, 9.17) is 4.74 Å². The molecule has 2 amide bonds. The number of carbonyl (C=O) groups excluding carboxylic acids is 3. The van der Waals surface area contributed by atoms with E-state index in [0.717, 1.165) is 11.1 Å². The molecule has 1 atom stereocenters. The number of ether oxygens (including phenoxy) is 1. The summed E-state index contributed by atoms with van der Waals surface area (Å²) in [6, 6.07) is 7.80. The quantitative estimate of drug-likeness (QED) is 0.811. The number of rotatable bonds is 5. The highest BCUT2D eigenvalue weighted by atomic mass is 16.5. The fourth-order valence-corrected chi connectivity index (χ4v) is 3.76. The molecule has 3 rings (SSSR count). The Bertz CT molecular complexity index is 675. The number of likely N-dealkylation sites (tertiary alicyclic amines) is 1. The zero-order valence-electron chi connectivity index (χ0n) is 14.7. The molecular formula is C19H24N2O4. The van der Waals surface area contributed by atoms with Crippen LogP contribution in [0, 0.1) is 5.92 Å². The van der Waals surface area contributed by atoms with Crippen LogP contribution in [0.15, 0.2) is 24.3 Å². The first kappa shape index (κ1) is 17.5. The second-order valence-corrected chi connectivity index (χ2v) is 6.75. The molecule has 1 unspecified atom stereocenters. The summed E-state index contributed by atoms with van der Waals surface area (Å²) in [5, 5.41) is 2.94. The Morgan fingerprint density at radius 2 is 1.88 bits per heavy atom. The first-order valence-electron chi connectivity index (χ1n) is 8.83. The van der Waals surface area contributed by atoms with Crippen molar-refractivity contribution < 1.29 is 19.1 Å². The van der Waals surface area contributed by atoms with E-state index in [1.165, 1.54) is 0 Å². The van der Waals surface area contributed by atoms with Crippen LogP contribution in [-0.4, -0.2) is 47.9 Å². The van der Waals surface area contributed by atoms with Gasteiger partial charge in [-0.25, -0.2) is 4.79 Å². The lowest BCUT2D eigenvalue weighted by atomic mass is 9.94. The van der Waals surface area contributed by atoms with Crippen molar-refractivity contribution in [3.05, 3.63) is 35.4 Å². The Hall–Kier alpha value is -2.37. The summed E-state index contributed by atoms with van der Waals surface area (Å²) in [5.41, 5.74) is 1.03. The normalized spacial score (nSPS) is 21.1. The number of amides is 2. The van der Waals surface area contributed by atoms with Crippen molar-refractivity contribution in [2.45, 2.75) is 38.6 Å². The van der Waals surface area contributed by atoms with Crippen LogP contribution in [0.4, 0.5) is 0 Å². The van der Waals surface area contributed by atoms with Gasteiger partial charge in [-0.1, -0.05) is 24.3 Å². The van der Waals surface area contributed by atoms with Gasteiger partial charge < -0.3 is 15.0 Å². The van der Waals surface area contributed by atoms with Gasteiger partial charge in [0.15, 0.2) is 0 Å². The third-order valence-corrected chi connectivity index (χ3v) is 5.10. The highest BCUT2D eigenvalue weighted by Gasteiger charge is 2.48. The largest absolute Gasteiger partial charge is 0.464 e. The minimum Gasteiger partial charge on any atom is -0.464 e. The maximum absolute atomic E-state index is 12.8. The van der Waals surface area contributed by atoms with Crippen molar-refractivity contribution in [1.29, 1.82) is 0 Å². The van der Waals surface area contributed by atoms with Gasteiger partial charge in [0.05, 0.1) is 12.5 Å². The molecule has 134 valence electrons. The van der Waals surface area contributed by atoms with Crippen LogP contribution in [0.2, 0.25) is 0 Å². The highest BCUT2D eigenvalue weighted by molar-refractivity contribution is 5.94. The van der Waals surface area contributed by atoms with Crippen LogP contribution < -0.4 is 5.32 Å². The van der Waals surface area contributed by atoms with Gasteiger partial charge in [0, 0.05) is 32.4 Å². The van der Waals surface area contributed by atoms with Gasteiger partial charge >= 0.3 is 5.97 Å². The van der Waals surface area contributed by atoms with E-state index < -0.39 is 17.4 Å². The fourth-order valence-electron chi connectivity index (χ4n) is 3.76. The van der Waals surface area contributed by atoms with Gasteiger partial charge in [0.2, 0.25) is 11.8 Å². The number of hydrogen-bond acceptors (Lipinski definition) is 4. The number of carbonyl (C=O) groups is 3. The maximum Gasteiger partial charge on any atom is 0.332 e. The first-order chi connectivity index (χ1) is 12.0. The number of nitrogens with zero attached hydrogens (tertiary/aromatic N) is 1. The second-order valence-electron chi connectivity index (χ2n) is 6.75. The Morgan fingerprint density at radius 3 is 2.40 bits per heavy atom. The molecule has 1 aromatic rings. The molecule has 1 aromatic carbocycles. The summed E-state index contributed by atoms with van der Waals surface area (Å²) < 4.78 is 5.26. The molecule has 0 radical (unpaired) electrons. The summed E-state index contributed by atoms with van der Waals surface area (Å²) in [6.45, 7) is 4.92. The SMILES string of the molecule is CCOC(=O)C1(NC(=O)C2CC(=O)N(CC)C2)Cc2ccccc2C1. The standard InChI is InChI=1S/C19H24N2O4/c1-3-21-12-15(9-16(21)22)17(23)20-19(18(24)25-4-2)10-13-7-5-6-8-14(13)11-19/h5-8,15H,3-4,9-12H2,1-2H3,(H,20,23). The topological polar surface area (TPSA) is 75.7 Å². The zero-order chi connectivity index (χ0) is 18.0. The highest BCUT2D eigenvalue weighted by Crippen LogP contribution is 2.32. The fraction of sp³-hybridized carbons (Fsp3) is 0.526. The van der Waals surface area contributed by atoms with Gasteiger partial charge in [0.1, 0.15) is 5.54 Å². The van der Waals surface area contributed by atoms with Crippen molar-refractivity contribution in [1.82, 2.24) is 10.2 Å². The van der Waals surface area contributed by atoms with Crippen LogP contribution >= 0.6 is 0 Å². The predicted molar refractivity (Wildman–Crippen MR) is 91.7 cm³/mol. The lowest BCUT2D eigenvalue weighted by Gasteiger charge is -2.29. The van der Waals surface area contributed by atoms with Gasteiger partial charge in [-0.3, -0.25) is 9.59 Å². The van der Waals surface area contributed by atoms with E-state index in [9.17, 15) is 14.4 Å². The molecular weight excluding hydrogens is 320 g/mol.